The van der Waals surface area contributed by atoms with Gasteiger partial charge in [-0.15, -0.1) is 5.10 Å². The molecule has 2 aromatic rings. The van der Waals surface area contributed by atoms with Crippen molar-refractivity contribution < 1.29 is 4.79 Å². The minimum Gasteiger partial charge on any atom is -0.364 e. The quantitative estimate of drug-likeness (QED) is 0.863. The summed E-state index contributed by atoms with van der Waals surface area (Å²) in [5.41, 5.74) is 7.24. The highest BCUT2D eigenvalue weighted by Crippen LogP contribution is 2.18. The van der Waals surface area contributed by atoms with Crippen LogP contribution in [0.3, 0.4) is 0 Å². The molecule has 1 atom stereocenters. The minimum absolute atomic E-state index is 0.0248. The van der Waals surface area contributed by atoms with E-state index in [1.54, 1.807) is 11.6 Å². The second-order valence-corrected chi connectivity index (χ2v) is 3.92. The Balaban J connectivity index is 2.39. The lowest BCUT2D eigenvalue weighted by molar-refractivity contribution is 0.0995. The monoisotopic (exact) mass is 230 g/mol. The molecule has 0 fully saturated rings. The summed E-state index contributed by atoms with van der Waals surface area (Å²) in [5.74, 6) is -0.547. The third-order valence-corrected chi connectivity index (χ3v) is 2.81. The molecule has 1 unspecified atom stereocenters. The lowest BCUT2D eigenvalue weighted by Gasteiger charge is -2.13. The minimum atomic E-state index is -0.547. The van der Waals surface area contributed by atoms with Gasteiger partial charge in [-0.1, -0.05) is 35.5 Å². The third kappa shape index (κ3) is 2.04. The molecule has 0 bridgehead atoms. The number of amides is 1. The summed E-state index contributed by atoms with van der Waals surface area (Å²) in [6, 6.07) is 9.93. The first-order valence-electron chi connectivity index (χ1n) is 5.37. The summed E-state index contributed by atoms with van der Waals surface area (Å²) in [7, 11) is 0. The Morgan fingerprint density at radius 2 is 2.00 bits per heavy atom. The van der Waals surface area contributed by atoms with E-state index in [9.17, 15) is 4.79 Å². The van der Waals surface area contributed by atoms with Gasteiger partial charge >= 0.3 is 0 Å². The molecule has 1 amide bonds. The van der Waals surface area contributed by atoms with Crippen LogP contribution in [-0.2, 0) is 0 Å². The molecular weight excluding hydrogens is 216 g/mol. The topological polar surface area (TPSA) is 73.8 Å². The molecule has 0 saturated carbocycles. The van der Waals surface area contributed by atoms with Crippen LogP contribution in [0, 0.1) is 6.92 Å². The van der Waals surface area contributed by atoms with Crippen molar-refractivity contribution >= 4 is 5.91 Å². The van der Waals surface area contributed by atoms with Crippen LogP contribution >= 0.6 is 0 Å². The number of primary amides is 1. The third-order valence-electron chi connectivity index (χ3n) is 2.81. The first-order valence-corrected chi connectivity index (χ1v) is 5.37. The predicted molar refractivity (Wildman–Crippen MR) is 63.5 cm³/mol. The molecule has 0 aliphatic rings. The number of nitrogens with two attached hydrogens (primary N) is 1. The molecule has 0 radical (unpaired) electrons. The normalized spacial score (nSPS) is 12.4. The number of benzene rings is 1. The van der Waals surface area contributed by atoms with Crippen molar-refractivity contribution in [1.29, 1.82) is 0 Å². The van der Waals surface area contributed by atoms with Crippen LogP contribution in [0.25, 0.3) is 0 Å². The molecule has 0 saturated heterocycles. The second-order valence-electron chi connectivity index (χ2n) is 3.92. The number of aromatic nitrogens is 3. The van der Waals surface area contributed by atoms with E-state index in [1.165, 1.54) is 0 Å². The van der Waals surface area contributed by atoms with Gasteiger partial charge in [0.25, 0.3) is 5.91 Å². The summed E-state index contributed by atoms with van der Waals surface area (Å²) in [6.45, 7) is 3.79. The van der Waals surface area contributed by atoms with Gasteiger partial charge in [0.15, 0.2) is 5.69 Å². The van der Waals surface area contributed by atoms with Gasteiger partial charge in [-0.2, -0.15) is 0 Å². The molecule has 5 nitrogen and oxygen atoms in total. The molecule has 2 rings (SSSR count). The fourth-order valence-corrected chi connectivity index (χ4v) is 1.81. The highest BCUT2D eigenvalue weighted by molar-refractivity contribution is 5.91. The Labute approximate surface area is 99.2 Å². The fourth-order valence-electron chi connectivity index (χ4n) is 1.81. The van der Waals surface area contributed by atoms with Gasteiger partial charge in [0.05, 0.1) is 11.7 Å². The van der Waals surface area contributed by atoms with Crippen LogP contribution in [0.5, 0.6) is 0 Å². The van der Waals surface area contributed by atoms with Gasteiger partial charge < -0.3 is 5.73 Å². The molecular formula is C12H14N4O. The number of nitrogens with zero attached hydrogens (tertiary/aromatic N) is 3. The molecule has 0 aliphatic carbocycles. The molecule has 1 aromatic carbocycles. The van der Waals surface area contributed by atoms with Crippen molar-refractivity contribution in [3.8, 4) is 0 Å². The molecule has 5 heteroatoms. The molecule has 1 heterocycles. The van der Waals surface area contributed by atoms with Gasteiger partial charge in [0, 0.05) is 0 Å². The molecule has 1 aromatic heterocycles. The van der Waals surface area contributed by atoms with Crippen molar-refractivity contribution in [2.24, 2.45) is 5.73 Å². The maximum atomic E-state index is 11.1. The zero-order valence-corrected chi connectivity index (χ0v) is 9.79. The van der Waals surface area contributed by atoms with Gasteiger partial charge in [-0.25, -0.2) is 4.68 Å². The SMILES string of the molecule is Cc1c(C(N)=O)nnn1C(C)c1ccccc1. The molecule has 0 aliphatic heterocycles. The standard InChI is InChI=1S/C12H14N4O/c1-8(10-6-4-3-5-7-10)16-9(2)11(12(13)17)14-15-16/h3-8H,1-2H3,(H2,13,17). The largest absolute Gasteiger partial charge is 0.364 e. The van der Waals surface area contributed by atoms with Crippen molar-refractivity contribution in [2.45, 2.75) is 19.9 Å². The smallest absolute Gasteiger partial charge is 0.271 e. The van der Waals surface area contributed by atoms with Gasteiger partial charge in [0.2, 0.25) is 0 Å². The summed E-state index contributed by atoms with van der Waals surface area (Å²) in [4.78, 5) is 11.1. The van der Waals surface area contributed by atoms with E-state index < -0.39 is 5.91 Å². The van der Waals surface area contributed by atoms with Crippen molar-refractivity contribution in [2.75, 3.05) is 0 Å². The number of carbonyl (C=O) groups excluding carboxylic acids is 1. The first kappa shape index (κ1) is 11.3. The summed E-state index contributed by atoms with van der Waals surface area (Å²) in [5, 5.41) is 7.78. The lowest BCUT2D eigenvalue weighted by Crippen LogP contribution is -2.15. The van der Waals surface area contributed by atoms with Crippen LogP contribution in [0.2, 0.25) is 0 Å². The number of rotatable bonds is 3. The molecule has 0 spiro atoms. The maximum absolute atomic E-state index is 11.1. The Kier molecular flexibility index (Phi) is 2.91. The van der Waals surface area contributed by atoms with Crippen LogP contribution in [0.4, 0.5) is 0 Å². The Hall–Kier alpha value is -2.17. The fraction of sp³-hybridized carbons (Fsp3) is 0.250. The zero-order valence-electron chi connectivity index (χ0n) is 9.79. The highest BCUT2D eigenvalue weighted by atomic mass is 16.1. The van der Waals surface area contributed by atoms with E-state index >= 15 is 0 Å². The summed E-state index contributed by atoms with van der Waals surface area (Å²) < 4.78 is 1.70. The van der Waals surface area contributed by atoms with Gasteiger partial charge in [-0.05, 0) is 19.4 Å². The van der Waals surface area contributed by atoms with E-state index in [0.717, 1.165) is 5.56 Å². The Bertz CT molecular complexity index is 533. The average Bonchev–Trinajstić information content (AvgIpc) is 2.71. The Morgan fingerprint density at radius 1 is 1.35 bits per heavy atom. The van der Waals surface area contributed by atoms with Gasteiger partial charge in [-0.3, -0.25) is 4.79 Å². The first-order chi connectivity index (χ1) is 8.11. The van der Waals surface area contributed by atoms with Crippen LogP contribution < -0.4 is 5.73 Å². The zero-order chi connectivity index (χ0) is 12.4. The summed E-state index contributed by atoms with van der Waals surface area (Å²) in [6.07, 6.45) is 0. The predicted octanol–water partition coefficient (Wildman–Crippen LogP) is 1.29. The van der Waals surface area contributed by atoms with E-state index in [4.69, 9.17) is 5.73 Å². The van der Waals surface area contributed by atoms with Crippen LogP contribution in [0.1, 0.15) is 34.7 Å². The molecule has 88 valence electrons. The van der Waals surface area contributed by atoms with E-state index in [1.807, 2.05) is 37.3 Å². The number of hydrogen-bond donors (Lipinski definition) is 1. The van der Waals surface area contributed by atoms with Crippen molar-refractivity contribution in [3.05, 3.63) is 47.3 Å². The van der Waals surface area contributed by atoms with Gasteiger partial charge in [0.1, 0.15) is 0 Å². The Morgan fingerprint density at radius 3 is 2.53 bits per heavy atom. The van der Waals surface area contributed by atoms with Crippen LogP contribution in [-0.4, -0.2) is 20.9 Å². The number of hydrogen-bond acceptors (Lipinski definition) is 3. The van der Waals surface area contributed by atoms with Crippen molar-refractivity contribution in [3.63, 3.8) is 0 Å². The second kappa shape index (κ2) is 4.37. The molecule has 17 heavy (non-hydrogen) atoms. The maximum Gasteiger partial charge on any atom is 0.271 e. The van der Waals surface area contributed by atoms with Crippen LogP contribution in [0.15, 0.2) is 30.3 Å². The van der Waals surface area contributed by atoms with E-state index in [0.29, 0.717) is 5.69 Å². The van der Waals surface area contributed by atoms with E-state index in [2.05, 4.69) is 10.3 Å². The number of carbonyl (C=O) groups is 1. The summed E-state index contributed by atoms with van der Waals surface area (Å²) >= 11 is 0. The average molecular weight is 230 g/mol. The lowest BCUT2D eigenvalue weighted by atomic mass is 10.1. The van der Waals surface area contributed by atoms with E-state index in [-0.39, 0.29) is 11.7 Å². The van der Waals surface area contributed by atoms with Crippen molar-refractivity contribution in [1.82, 2.24) is 15.0 Å². The highest BCUT2D eigenvalue weighted by Gasteiger charge is 2.17. The molecule has 2 N–H and O–H groups in total.